The first-order valence-corrected chi connectivity index (χ1v) is 4.54. The summed E-state index contributed by atoms with van der Waals surface area (Å²) in [5, 5.41) is 1.68. The summed E-state index contributed by atoms with van der Waals surface area (Å²) in [6, 6.07) is 0. The molecule has 0 heterocycles. The van der Waals surface area contributed by atoms with Crippen LogP contribution in [0.1, 0.15) is 20.8 Å². The summed E-state index contributed by atoms with van der Waals surface area (Å²) < 4.78 is 0. The Labute approximate surface area is 48.4 Å². The van der Waals surface area contributed by atoms with Crippen molar-refractivity contribution in [3.8, 4) is 0 Å². The molecule has 0 rings (SSSR count). The fourth-order valence-electron chi connectivity index (χ4n) is 0.333. The fraction of sp³-hybridized carbons (Fsp3) is 0.833. The van der Waals surface area contributed by atoms with Crippen LogP contribution in [0.3, 0.4) is 0 Å². The van der Waals surface area contributed by atoms with Crippen molar-refractivity contribution in [2.45, 2.75) is 27.3 Å². The molecular weight excluding hydrogens is 100 g/mol. The molecule has 0 N–H and O–H groups in total. The Kier molecular flexibility index (Phi) is 3.18. The molecule has 0 radical (unpaired) electrons. The summed E-state index contributed by atoms with van der Waals surface area (Å²) in [5.74, 6) is 0.819. The summed E-state index contributed by atoms with van der Waals surface area (Å²) in [6.45, 7) is 9.05. The van der Waals surface area contributed by atoms with Gasteiger partial charge in [0.05, 0.1) is 0 Å². The molecule has 0 aromatic heterocycles. The molecule has 0 saturated carbocycles. The molecule has 0 unspecified atom stereocenters. The van der Waals surface area contributed by atoms with Gasteiger partial charge < -0.3 is 0 Å². The second-order valence-electron chi connectivity index (χ2n) is 2.19. The van der Waals surface area contributed by atoms with Crippen molar-refractivity contribution in [3.63, 3.8) is 0 Å². The Morgan fingerprint density at radius 2 is 1.86 bits per heavy atom. The van der Waals surface area contributed by atoms with Crippen molar-refractivity contribution in [2.75, 3.05) is 0 Å². The molecule has 0 aliphatic rings. The summed E-state index contributed by atoms with van der Waals surface area (Å²) in [6.07, 6.45) is 0. The molecular formula is C6H14Si. The molecule has 0 fully saturated rings. The van der Waals surface area contributed by atoms with Crippen molar-refractivity contribution >= 4 is 14.3 Å². The van der Waals surface area contributed by atoms with Crippen LogP contribution < -0.4 is 0 Å². The van der Waals surface area contributed by atoms with Gasteiger partial charge >= 0.3 is 0 Å². The number of hydrogen-bond donors (Lipinski definition) is 0. The highest BCUT2D eigenvalue weighted by Crippen LogP contribution is 1.90. The smallest absolute Gasteiger partial charge is 0.0111 e. The van der Waals surface area contributed by atoms with Crippen LogP contribution in [0.25, 0.3) is 0 Å². The second-order valence-corrected chi connectivity index (χ2v) is 3.68. The molecule has 7 heavy (non-hydrogen) atoms. The maximum Gasteiger partial charge on any atom is -0.0111 e. The van der Waals surface area contributed by atoms with Crippen molar-refractivity contribution in [1.82, 2.24) is 0 Å². The van der Waals surface area contributed by atoms with Crippen LogP contribution >= 0.6 is 0 Å². The van der Waals surface area contributed by atoms with E-state index in [4.69, 9.17) is 0 Å². The Balaban J connectivity index is 3.56. The zero-order valence-electron chi connectivity index (χ0n) is 5.65. The van der Waals surface area contributed by atoms with Gasteiger partial charge in [0.25, 0.3) is 0 Å². The van der Waals surface area contributed by atoms with E-state index in [2.05, 4.69) is 27.3 Å². The molecule has 0 amide bonds. The Hall–Kier alpha value is 0.0869. The minimum atomic E-state index is 0.618. The first kappa shape index (κ1) is 7.09. The van der Waals surface area contributed by atoms with E-state index in [-0.39, 0.29) is 0 Å². The summed E-state index contributed by atoms with van der Waals surface area (Å²) in [7, 11) is 0.618. The van der Waals surface area contributed by atoms with Gasteiger partial charge in [-0.2, -0.15) is 0 Å². The third-order valence-corrected chi connectivity index (χ3v) is 2.94. The monoisotopic (exact) mass is 114 g/mol. The molecule has 0 aliphatic carbocycles. The molecule has 0 nitrogen and oxygen atoms in total. The van der Waals surface area contributed by atoms with Crippen LogP contribution in [0.4, 0.5) is 0 Å². The van der Waals surface area contributed by atoms with Gasteiger partial charge in [-0.1, -0.05) is 25.6 Å². The van der Waals surface area contributed by atoms with Gasteiger partial charge in [-0.05, 0) is 22.0 Å². The van der Waals surface area contributed by atoms with Gasteiger partial charge in [-0.3, -0.25) is 0 Å². The summed E-state index contributed by atoms with van der Waals surface area (Å²) >= 11 is 0. The normalized spacial score (nSPS) is 13.0. The van der Waals surface area contributed by atoms with Crippen molar-refractivity contribution in [2.24, 2.45) is 5.92 Å². The lowest BCUT2D eigenvalue weighted by Crippen LogP contribution is -2.04. The van der Waals surface area contributed by atoms with E-state index in [9.17, 15) is 0 Å². The topological polar surface area (TPSA) is 0 Å². The van der Waals surface area contributed by atoms with Gasteiger partial charge in [-0.25, -0.2) is 0 Å². The third kappa shape index (κ3) is 2.74. The zero-order valence-corrected chi connectivity index (χ0v) is 6.81. The lowest BCUT2D eigenvalue weighted by Gasteiger charge is -2.00. The highest BCUT2D eigenvalue weighted by molar-refractivity contribution is 6.52. The van der Waals surface area contributed by atoms with Crippen LogP contribution in [0.15, 0.2) is 0 Å². The average molecular weight is 114 g/mol. The highest BCUT2D eigenvalue weighted by atomic mass is 28.2. The Bertz CT molecular complexity index is 72.2. The lowest BCUT2D eigenvalue weighted by atomic mass is 10.2. The highest BCUT2D eigenvalue weighted by Gasteiger charge is 1.90. The Morgan fingerprint density at radius 1 is 1.43 bits per heavy atom. The minimum Gasteiger partial charge on any atom is -0.0934 e. The van der Waals surface area contributed by atoms with E-state index in [1.54, 1.807) is 5.17 Å². The van der Waals surface area contributed by atoms with E-state index in [1.165, 1.54) is 0 Å². The molecule has 0 atom stereocenters. The Morgan fingerprint density at radius 3 is 1.86 bits per heavy atom. The first-order valence-electron chi connectivity index (χ1n) is 2.81. The van der Waals surface area contributed by atoms with E-state index in [0.717, 1.165) is 5.92 Å². The van der Waals surface area contributed by atoms with Gasteiger partial charge in [0.15, 0.2) is 0 Å². The zero-order chi connectivity index (χ0) is 5.86. The van der Waals surface area contributed by atoms with Crippen LogP contribution in [-0.2, 0) is 0 Å². The molecule has 0 aromatic rings. The molecule has 1 heteroatoms. The maximum atomic E-state index is 2.29. The number of rotatable bonds is 1. The van der Waals surface area contributed by atoms with Gasteiger partial charge in [0.1, 0.15) is 0 Å². The third-order valence-electron chi connectivity index (χ3n) is 1.37. The quantitative estimate of drug-likeness (QED) is 0.451. The average Bonchev–Trinajstić information content (AvgIpc) is 1.65. The van der Waals surface area contributed by atoms with E-state index < -0.39 is 0 Å². The number of hydrogen-bond acceptors (Lipinski definition) is 0. The van der Waals surface area contributed by atoms with Crippen LogP contribution in [0.5, 0.6) is 0 Å². The lowest BCUT2D eigenvalue weighted by molar-refractivity contribution is 0.895. The van der Waals surface area contributed by atoms with Gasteiger partial charge in [0.2, 0.25) is 0 Å². The van der Waals surface area contributed by atoms with Gasteiger partial charge in [0, 0.05) is 0 Å². The van der Waals surface area contributed by atoms with E-state index in [1.807, 2.05) is 0 Å². The predicted octanol–water partition coefficient (Wildman–Crippen LogP) is 1.32. The van der Waals surface area contributed by atoms with Crippen LogP contribution in [-0.4, -0.2) is 14.3 Å². The fourth-order valence-corrected chi connectivity index (χ4v) is 1.00. The molecule has 0 saturated heterocycles. The standard InChI is InChI=1S/C6H14Si/c1-5(2)6(3)7-4/h5,7H,1-4H3. The van der Waals surface area contributed by atoms with Crippen molar-refractivity contribution in [3.05, 3.63) is 0 Å². The molecule has 42 valence electrons. The molecule has 0 bridgehead atoms. The van der Waals surface area contributed by atoms with E-state index in [0.29, 0.717) is 9.13 Å². The predicted molar refractivity (Wildman–Crippen MR) is 38.5 cm³/mol. The maximum absolute atomic E-state index is 2.29. The van der Waals surface area contributed by atoms with Gasteiger partial charge in [-0.15, -0.1) is 0 Å². The second kappa shape index (κ2) is 3.14. The van der Waals surface area contributed by atoms with Crippen molar-refractivity contribution < 1.29 is 0 Å². The largest absolute Gasteiger partial charge is 0.0934 e. The summed E-state index contributed by atoms with van der Waals surface area (Å²) in [4.78, 5) is 0. The molecule has 0 spiro atoms. The summed E-state index contributed by atoms with van der Waals surface area (Å²) in [5.41, 5.74) is 0. The van der Waals surface area contributed by atoms with E-state index >= 15 is 0 Å². The molecule has 0 aromatic carbocycles. The van der Waals surface area contributed by atoms with Crippen molar-refractivity contribution in [1.29, 1.82) is 0 Å². The minimum absolute atomic E-state index is 0.618. The SMILES string of the molecule is C[SiH]=C(C)C(C)C. The van der Waals surface area contributed by atoms with Crippen LogP contribution in [0.2, 0.25) is 6.55 Å². The van der Waals surface area contributed by atoms with Crippen LogP contribution in [0, 0.1) is 5.92 Å². The first-order chi connectivity index (χ1) is 3.18. The molecule has 0 aliphatic heterocycles.